The highest BCUT2D eigenvalue weighted by Crippen LogP contribution is 2.24. The van der Waals surface area contributed by atoms with Crippen molar-refractivity contribution in [3.63, 3.8) is 0 Å². The van der Waals surface area contributed by atoms with Gasteiger partial charge in [-0.3, -0.25) is 0 Å². The Kier molecular flexibility index (Phi) is 3.14. The topological polar surface area (TPSA) is 25.8 Å². The second-order valence-electron chi connectivity index (χ2n) is 4.19. The summed E-state index contributed by atoms with van der Waals surface area (Å²) in [6.07, 6.45) is 2.53. The van der Waals surface area contributed by atoms with Gasteiger partial charge in [0.25, 0.3) is 0 Å². The standard InChI is InChI=1S/C9H12Cl2N2/c1-9(2,3)4-6-5-12-8(11)13-7(6)10/h5H,4H2,1-3H3. The first-order chi connectivity index (χ1) is 5.88. The minimum Gasteiger partial charge on any atom is -0.226 e. The third-order valence-corrected chi connectivity index (χ3v) is 2.01. The Morgan fingerprint density at radius 3 is 2.38 bits per heavy atom. The van der Waals surface area contributed by atoms with Crippen LogP contribution in [0.1, 0.15) is 26.3 Å². The first kappa shape index (κ1) is 10.7. The second kappa shape index (κ2) is 3.81. The van der Waals surface area contributed by atoms with Crippen molar-refractivity contribution in [2.45, 2.75) is 27.2 Å². The van der Waals surface area contributed by atoms with Crippen molar-refractivity contribution in [2.24, 2.45) is 5.41 Å². The molecule has 0 radical (unpaired) electrons. The van der Waals surface area contributed by atoms with E-state index in [9.17, 15) is 0 Å². The van der Waals surface area contributed by atoms with Gasteiger partial charge in [0.1, 0.15) is 5.15 Å². The van der Waals surface area contributed by atoms with Crippen LogP contribution in [0.4, 0.5) is 0 Å². The van der Waals surface area contributed by atoms with Crippen LogP contribution in [0.5, 0.6) is 0 Å². The normalized spacial score (nSPS) is 11.8. The molecule has 0 spiro atoms. The molecular weight excluding hydrogens is 207 g/mol. The largest absolute Gasteiger partial charge is 0.226 e. The summed E-state index contributed by atoms with van der Waals surface area (Å²) >= 11 is 11.5. The van der Waals surface area contributed by atoms with Crippen molar-refractivity contribution < 1.29 is 0 Å². The SMILES string of the molecule is CC(C)(C)Cc1cnc(Cl)nc1Cl. The highest BCUT2D eigenvalue weighted by Gasteiger charge is 2.14. The number of halogens is 2. The van der Waals surface area contributed by atoms with Gasteiger partial charge < -0.3 is 0 Å². The third-order valence-electron chi connectivity index (χ3n) is 1.50. The van der Waals surface area contributed by atoms with Crippen LogP contribution in [-0.4, -0.2) is 9.97 Å². The third kappa shape index (κ3) is 3.49. The van der Waals surface area contributed by atoms with Crippen LogP contribution >= 0.6 is 23.2 Å². The number of aromatic nitrogens is 2. The van der Waals surface area contributed by atoms with Crippen molar-refractivity contribution >= 4 is 23.2 Å². The molecule has 1 rings (SSSR count). The van der Waals surface area contributed by atoms with Crippen molar-refractivity contribution in [3.05, 3.63) is 22.2 Å². The molecule has 0 aromatic carbocycles. The van der Waals surface area contributed by atoms with E-state index < -0.39 is 0 Å². The predicted molar refractivity (Wildman–Crippen MR) is 55.2 cm³/mol. The van der Waals surface area contributed by atoms with Crippen LogP contribution in [0.15, 0.2) is 6.20 Å². The molecule has 0 aliphatic heterocycles. The number of rotatable bonds is 1. The van der Waals surface area contributed by atoms with Gasteiger partial charge in [-0.2, -0.15) is 0 Å². The molecule has 0 bridgehead atoms. The lowest BCUT2D eigenvalue weighted by molar-refractivity contribution is 0.410. The molecule has 13 heavy (non-hydrogen) atoms. The summed E-state index contributed by atoms with van der Waals surface area (Å²) in [7, 11) is 0. The smallest absolute Gasteiger partial charge is 0.223 e. The molecule has 0 saturated carbocycles. The first-order valence-corrected chi connectivity index (χ1v) is 4.81. The Morgan fingerprint density at radius 2 is 1.92 bits per heavy atom. The van der Waals surface area contributed by atoms with Crippen LogP contribution in [-0.2, 0) is 6.42 Å². The zero-order valence-electron chi connectivity index (χ0n) is 7.93. The zero-order chi connectivity index (χ0) is 10.1. The molecule has 0 aliphatic rings. The van der Waals surface area contributed by atoms with Gasteiger partial charge in [0.2, 0.25) is 5.28 Å². The lowest BCUT2D eigenvalue weighted by Gasteiger charge is -2.17. The molecule has 4 heteroatoms. The monoisotopic (exact) mass is 218 g/mol. The average Bonchev–Trinajstić information content (AvgIpc) is 1.93. The maximum Gasteiger partial charge on any atom is 0.223 e. The minimum absolute atomic E-state index is 0.181. The molecule has 0 aliphatic carbocycles. The Bertz CT molecular complexity index is 305. The lowest BCUT2D eigenvalue weighted by atomic mass is 9.89. The van der Waals surface area contributed by atoms with Gasteiger partial charge in [-0.25, -0.2) is 9.97 Å². The molecule has 0 saturated heterocycles. The van der Waals surface area contributed by atoms with Gasteiger partial charge in [0, 0.05) is 11.8 Å². The van der Waals surface area contributed by atoms with Gasteiger partial charge in [-0.15, -0.1) is 0 Å². The second-order valence-corrected chi connectivity index (χ2v) is 4.89. The summed E-state index contributed by atoms with van der Waals surface area (Å²) in [5, 5.41) is 0.651. The molecular formula is C9H12Cl2N2. The minimum atomic E-state index is 0.181. The van der Waals surface area contributed by atoms with Gasteiger partial charge in [-0.05, 0) is 23.4 Å². The highest BCUT2D eigenvalue weighted by molar-refractivity contribution is 6.32. The van der Waals surface area contributed by atoms with Crippen molar-refractivity contribution in [3.8, 4) is 0 Å². The molecule has 1 heterocycles. The van der Waals surface area contributed by atoms with Gasteiger partial charge in [0.15, 0.2) is 0 Å². The predicted octanol–water partition coefficient (Wildman–Crippen LogP) is 3.37. The summed E-state index contributed by atoms with van der Waals surface area (Å²) in [6.45, 7) is 6.41. The van der Waals surface area contributed by atoms with Crippen molar-refractivity contribution in [1.29, 1.82) is 0 Å². The summed E-state index contributed by atoms with van der Waals surface area (Å²) in [6, 6.07) is 0. The zero-order valence-corrected chi connectivity index (χ0v) is 9.45. The number of nitrogens with zero attached hydrogens (tertiary/aromatic N) is 2. The van der Waals surface area contributed by atoms with E-state index >= 15 is 0 Å². The Hall–Kier alpha value is -0.340. The maximum atomic E-state index is 5.90. The summed E-state index contributed by atoms with van der Waals surface area (Å²) in [5.74, 6) is 0. The Balaban J connectivity index is 2.90. The van der Waals surface area contributed by atoms with E-state index in [-0.39, 0.29) is 10.7 Å². The quantitative estimate of drug-likeness (QED) is 0.534. The van der Waals surface area contributed by atoms with E-state index in [0.717, 1.165) is 12.0 Å². The fourth-order valence-electron chi connectivity index (χ4n) is 1.06. The molecule has 0 unspecified atom stereocenters. The van der Waals surface area contributed by atoms with E-state index in [2.05, 4.69) is 30.7 Å². The summed E-state index contributed by atoms with van der Waals surface area (Å²) < 4.78 is 0. The average molecular weight is 219 g/mol. The van der Waals surface area contributed by atoms with E-state index in [1.54, 1.807) is 6.20 Å². The molecule has 2 nitrogen and oxygen atoms in total. The number of hydrogen-bond acceptors (Lipinski definition) is 2. The molecule has 0 atom stereocenters. The summed E-state index contributed by atoms with van der Waals surface area (Å²) in [5.41, 5.74) is 1.12. The lowest BCUT2D eigenvalue weighted by Crippen LogP contribution is -2.10. The van der Waals surface area contributed by atoms with Crippen molar-refractivity contribution in [2.75, 3.05) is 0 Å². The van der Waals surface area contributed by atoms with Crippen LogP contribution in [0.25, 0.3) is 0 Å². The van der Waals surface area contributed by atoms with E-state index in [1.165, 1.54) is 0 Å². The first-order valence-electron chi connectivity index (χ1n) is 4.05. The van der Waals surface area contributed by atoms with Crippen LogP contribution < -0.4 is 0 Å². The van der Waals surface area contributed by atoms with Gasteiger partial charge in [0.05, 0.1) is 0 Å². The summed E-state index contributed by atoms with van der Waals surface area (Å²) in [4.78, 5) is 7.77. The number of hydrogen-bond donors (Lipinski definition) is 0. The molecule has 0 fully saturated rings. The van der Waals surface area contributed by atoms with E-state index in [4.69, 9.17) is 23.2 Å². The van der Waals surface area contributed by atoms with Gasteiger partial charge >= 0.3 is 0 Å². The molecule has 1 aromatic heterocycles. The Morgan fingerprint density at radius 1 is 1.31 bits per heavy atom. The van der Waals surface area contributed by atoms with E-state index in [0.29, 0.717) is 5.15 Å². The highest BCUT2D eigenvalue weighted by atomic mass is 35.5. The molecule has 0 amide bonds. The maximum absolute atomic E-state index is 5.90. The van der Waals surface area contributed by atoms with Gasteiger partial charge in [-0.1, -0.05) is 32.4 Å². The van der Waals surface area contributed by atoms with E-state index in [1.807, 2.05) is 0 Å². The molecule has 72 valence electrons. The fraction of sp³-hybridized carbons (Fsp3) is 0.556. The van der Waals surface area contributed by atoms with Crippen LogP contribution in [0.2, 0.25) is 10.4 Å². The molecule has 0 N–H and O–H groups in total. The van der Waals surface area contributed by atoms with Crippen LogP contribution in [0, 0.1) is 5.41 Å². The molecule has 1 aromatic rings. The fourth-order valence-corrected chi connectivity index (χ4v) is 1.43. The Labute approximate surface area is 88.3 Å². The van der Waals surface area contributed by atoms with Crippen molar-refractivity contribution in [1.82, 2.24) is 9.97 Å². The van der Waals surface area contributed by atoms with Crippen LogP contribution in [0.3, 0.4) is 0 Å².